The van der Waals surface area contributed by atoms with Crippen molar-refractivity contribution in [2.24, 2.45) is 0 Å². The van der Waals surface area contributed by atoms with Gasteiger partial charge in [-0.15, -0.1) is 16.4 Å². The molecule has 1 aliphatic rings. The molecule has 1 unspecified atom stereocenters. The molecule has 0 N–H and O–H groups in total. The molecule has 1 aromatic carbocycles. The molecule has 10 heteroatoms. The van der Waals surface area contributed by atoms with Gasteiger partial charge in [-0.3, -0.25) is 9.69 Å². The number of rotatable bonds is 7. The van der Waals surface area contributed by atoms with Crippen LogP contribution in [0.3, 0.4) is 0 Å². The van der Waals surface area contributed by atoms with E-state index in [2.05, 4.69) is 49.8 Å². The van der Waals surface area contributed by atoms with E-state index in [1.165, 1.54) is 4.88 Å². The molecular weight excluding hydrogens is 442 g/mol. The molecule has 0 radical (unpaired) electrons. The van der Waals surface area contributed by atoms with E-state index < -0.39 is 0 Å². The Balaban J connectivity index is 1.28. The number of fused-ring (bicyclic) bond motifs is 1. The zero-order valence-electron chi connectivity index (χ0n) is 18.1. The average Bonchev–Trinajstić information content (AvgIpc) is 3.56. The monoisotopic (exact) mass is 467 g/mol. The van der Waals surface area contributed by atoms with Gasteiger partial charge in [0.05, 0.1) is 22.8 Å². The van der Waals surface area contributed by atoms with Crippen molar-refractivity contribution in [3.8, 4) is 0 Å². The van der Waals surface area contributed by atoms with Crippen LogP contribution >= 0.6 is 22.7 Å². The number of piperazine rings is 1. The van der Waals surface area contributed by atoms with Crippen LogP contribution in [0.15, 0.2) is 35.7 Å². The van der Waals surface area contributed by atoms with E-state index in [1.807, 2.05) is 22.9 Å². The lowest BCUT2D eigenvalue weighted by atomic mass is 10.1. The van der Waals surface area contributed by atoms with Crippen molar-refractivity contribution >= 4 is 43.8 Å². The minimum atomic E-state index is 0.0856. The summed E-state index contributed by atoms with van der Waals surface area (Å²) < 4.78 is 3.00. The summed E-state index contributed by atoms with van der Waals surface area (Å²) in [4.78, 5) is 22.6. The third kappa shape index (κ3) is 4.17. The van der Waals surface area contributed by atoms with Gasteiger partial charge in [0.1, 0.15) is 0 Å². The van der Waals surface area contributed by atoms with Crippen LogP contribution in [0.2, 0.25) is 0 Å². The highest BCUT2D eigenvalue weighted by Gasteiger charge is 2.29. The summed E-state index contributed by atoms with van der Waals surface area (Å²) in [6.45, 7) is 8.18. The smallest absolute Gasteiger partial charge is 0.186 e. The summed E-state index contributed by atoms with van der Waals surface area (Å²) >= 11 is 3.39. The van der Waals surface area contributed by atoms with Crippen LogP contribution in [0.5, 0.6) is 0 Å². The number of thiophene rings is 1. The molecule has 0 spiro atoms. The van der Waals surface area contributed by atoms with E-state index in [0.717, 1.165) is 59.3 Å². The Morgan fingerprint density at radius 3 is 2.75 bits per heavy atom. The quantitative estimate of drug-likeness (QED) is 0.382. The maximum absolute atomic E-state index is 11.7. The molecule has 8 nitrogen and oxygen atoms in total. The van der Waals surface area contributed by atoms with Crippen LogP contribution in [0.4, 0.5) is 5.13 Å². The van der Waals surface area contributed by atoms with Crippen LogP contribution in [0.25, 0.3) is 10.2 Å². The Hall–Kier alpha value is -2.69. The largest absolute Gasteiger partial charge is 0.345 e. The number of benzene rings is 1. The summed E-state index contributed by atoms with van der Waals surface area (Å²) in [7, 11) is 0. The number of tetrazole rings is 1. The number of Topliss-reactive ketones (excluding diaryl/α,β-unsaturated/α-hetero) is 1. The van der Waals surface area contributed by atoms with Gasteiger partial charge in [-0.1, -0.05) is 24.3 Å². The number of hydrogen-bond acceptors (Lipinski definition) is 9. The van der Waals surface area contributed by atoms with Crippen LogP contribution in [-0.4, -0.2) is 62.1 Å². The number of hydrogen-bond donors (Lipinski definition) is 0. The third-order valence-electron chi connectivity index (χ3n) is 5.94. The topological polar surface area (TPSA) is 80.0 Å². The zero-order chi connectivity index (χ0) is 22.1. The van der Waals surface area contributed by atoms with E-state index >= 15 is 0 Å². The van der Waals surface area contributed by atoms with Gasteiger partial charge in [-0.2, -0.15) is 0 Å². The van der Waals surface area contributed by atoms with Crippen LogP contribution in [-0.2, 0) is 6.54 Å². The van der Waals surface area contributed by atoms with Gasteiger partial charge in [-0.05, 0) is 53.4 Å². The molecule has 1 aliphatic heterocycles. The lowest BCUT2D eigenvalue weighted by Gasteiger charge is -2.38. The standard InChI is InChI=1S/C22H25N7OS2/c1-3-19(21-24-25-26-29(21)14-17-5-4-12-31-17)27-8-10-28(11-9-27)22-23-18-7-6-16(15(2)30)13-20(18)32-22/h4-7,12-13,19H,3,8-11,14H2,1-2H3. The molecule has 3 aromatic heterocycles. The Morgan fingerprint density at radius 2 is 2.03 bits per heavy atom. The first-order valence-corrected chi connectivity index (χ1v) is 12.5. The number of aromatic nitrogens is 5. The predicted octanol–water partition coefficient (Wildman–Crippen LogP) is 3.87. The van der Waals surface area contributed by atoms with Gasteiger partial charge in [0.15, 0.2) is 16.7 Å². The summed E-state index contributed by atoms with van der Waals surface area (Å²) in [5.74, 6) is 1.02. The molecule has 0 saturated carbocycles. The van der Waals surface area contributed by atoms with Crippen molar-refractivity contribution in [3.63, 3.8) is 0 Å². The first kappa shape index (κ1) is 21.2. The summed E-state index contributed by atoms with van der Waals surface area (Å²) in [6, 6.07) is 10.1. The Bertz CT molecular complexity index is 1210. The van der Waals surface area contributed by atoms with Gasteiger partial charge in [-0.25, -0.2) is 9.67 Å². The molecule has 0 bridgehead atoms. The number of carbonyl (C=O) groups is 1. The summed E-state index contributed by atoms with van der Waals surface area (Å²) in [5.41, 5.74) is 1.69. The van der Waals surface area contributed by atoms with Crippen molar-refractivity contribution in [1.29, 1.82) is 0 Å². The van der Waals surface area contributed by atoms with Crippen LogP contribution in [0.1, 0.15) is 47.4 Å². The first-order valence-electron chi connectivity index (χ1n) is 10.8. The van der Waals surface area contributed by atoms with Crippen LogP contribution < -0.4 is 4.90 Å². The fourth-order valence-corrected chi connectivity index (χ4v) is 5.95. The maximum Gasteiger partial charge on any atom is 0.186 e. The van der Waals surface area contributed by atoms with Gasteiger partial charge in [0, 0.05) is 36.6 Å². The molecule has 1 atom stereocenters. The van der Waals surface area contributed by atoms with Crippen molar-refractivity contribution in [3.05, 3.63) is 52.0 Å². The fraction of sp³-hybridized carbons (Fsp3) is 0.409. The molecular formula is C22H25N7OS2. The van der Waals surface area contributed by atoms with E-state index in [0.29, 0.717) is 6.54 Å². The van der Waals surface area contributed by atoms with Gasteiger partial charge >= 0.3 is 0 Å². The van der Waals surface area contributed by atoms with E-state index in [-0.39, 0.29) is 11.8 Å². The van der Waals surface area contributed by atoms with E-state index in [4.69, 9.17) is 4.98 Å². The number of anilines is 1. The number of thiazole rings is 1. The SMILES string of the molecule is CCC(c1nnnn1Cc1cccs1)N1CCN(c2nc3ccc(C(C)=O)cc3s2)CC1. The highest BCUT2D eigenvalue weighted by Crippen LogP contribution is 2.32. The maximum atomic E-state index is 11.7. The molecule has 4 heterocycles. The van der Waals surface area contributed by atoms with Gasteiger partial charge in [0.2, 0.25) is 0 Å². The molecule has 5 rings (SSSR count). The minimum Gasteiger partial charge on any atom is -0.345 e. The van der Waals surface area contributed by atoms with Crippen molar-refractivity contribution in [1.82, 2.24) is 30.1 Å². The van der Waals surface area contributed by atoms with Gasteiger partial charge in [0.25, 0.3) is 0 Å². The second kappa shape index (κ2) is 9.05. The number of ketones is 1. The lowest BCUT2D eigenvalue weighted by Crippen LogP contribution is -2.48. The number of nitrogens with zero attached hydrogens (tertiary/aromatic N) is 7. The minimum absolute atomic E-state index is 0.0856. The second-order valence-electron chi connectivity index (χ2n) is 7.96. The number of carbonyl (C=O) groups excluding carboxylic acids is 1. The predicted molar refractivity (Wildman–Crippen MR) is 128 cm³/mol. The molecule has 166 valence electrons. The lowest BCUT2D eigenvalue weighted by molar-refractivity contribution is 0.101. The third-order valence-corrected chi connectivity index (χ3v) is 7.88. The molecule has 4 aromatic rings. The van der Waals surface area contributed by atoms with Crippen LogP contribution in [0, 0.1) is 0 Å². The van der Waals surface area contributed by atoms with E-state index in [1.54, 1.807) is 29.6 Å². The summed E-state index contributed by atoms with van der Waals surface area (Å²) in [6.07, 6.45) is 0.958. The van der Waals surface area contributed by atoms with Crippen molar-refractivity contribution < 1.29 is 4.79 Å². The van der Waals surface area contributed by atoms with Crippen molar-refractivity contribution in [2.75, 3.05) is 31.1 Å². The molecule has 1 saturated heterocycles. The fourth-order valence-electron chi connectivity index (χ4n) is 4.21. The normalized spacial score (nSPS) is 16.0. The highest BCUT2D eigenvalue weighted by atomic mass is 32.1. The Labute approximate surface area is 194 Å². The average molecular weight is 468 g/mol. The van der Waals surface area contributed by atoms with Crippen molar-refractivity contribution in [2.45, 2.75) is 32.9 Å². The summed E-state index contributed by atoms with van der Waals surface area (Å²) in [5, 5.41) is 15.7. The second-order valence-corrected chi connectivity index (χ2v) is 10.00. The van der Waals surface area contributed by atoms with E-state index in [9.17, 15) is 4.79 Å². The highest BCUT2D eigenvalue weighted by molar-refractivity contribution is 7.22. The molecule has 1 fully saturated rings. The molecule has 0 aliphatic carbocycles. The van der Waals surface area contributed by atoms with Gasteiger partial charge < -0.3 is 4.90 Å². The molecule has 0 amide bonds. The Kier molecular flexibility index (Phi) is 5.99. The zero-order valence-corrected chi connectivity index (χ0v) is 19.8. The Morgan fingerprint density at radius 1 is 1.19 bits per heavy atom. The first-order chi connectivity index (χ1) is 15.6. The molecule has 32 heavy (non-hydrogen) atoms.